The van der Waals surface area contributed by atoms with Crippen molar-refractivity contribution in [2.75, 3.05) is 5.32 Å². The molecule has 1 amide bonds. The summed E-state index contributed by atoms with van der Waals surface area (Å²) < 4.78 is 13.1. The lowest BCUT2D eigenvalue weighted by atomic mass is 9.78. The van der Waals surface area contributed by atoms with E-state index in [0.29, 0.717) is 5.13 Å². The zero-order valence-electron chi connectivity index (χ0n) is 11.9. The van der Waals surface area contributed by atoms with Gasteiger partial charge in [-0.2, -0.15) is 0 Å². The normalized spacial score (nSPS) is 16.9. The summed E-state index contributed by atoms with van der Waals surface area (Å²) >= 11 is 1.47. The summed E-state index contributed by atoms with van der Waals surface area (Å²) in [5, 5.41) is 3.56. The number of nitrogens with one attached hydrogen (secondary N) is 1. The predicted octanol–water partition coefficient (Wildman–Crippen LogP) is 4.04. The number of aromatic nitrogens is 1. The molecule has 1 aromatic heterocycles. The van der Waals surface area contributed by atoms with Gasteiger partial charge in [0.1, 0.15) is 5.82 Å². The summed E-state index contributed by atoms with van der Waals surface area (Å²) in [6, 6.07) is 6.31. The SMILES string of the molecule is Cc1cnc(NC(=O)C2(c3ccc(F)cc3)CCCC2)s1. The van der Waals surface area contributed by atoms with E-state index in [1.807, 2.05) is 6.92 Å². The Morgan fingerprint density at radius 2 is 1.95 bits per heavy atom. The number of anilines is 1. The van der Waals surface area contributed by atoms with Crippen molar-refractivity contribution in [3.63, 3.8) is 0 Å². The Hall–Kier alpha value is -1.75. The van der Waals surface area contributed by atoms with Crippen molar-refractivity contribution >= 4 is 22.4 Å². The van der Waals surface area contributed by atoms with Gasteiger partial charge in [0.25, 0.3) is 0 Å². The lowest BCUT2D eigenvalue weighted by Crippen LogP contribution is -2.37. The molecule has 0 radical (unpaired) electrons. The van der Waals surface area contributed by atoms with Crippen LogP contribution in [0.25, 0.3) is 0 Å². The average molecular weight is 304 g/mol. The maximum atomic E-state index is 13.1. The number of benzene rings is 1. The van der Waals surface area contributed by atoms with Crippen LogP contribution < -0.4 is 5.32 Å². The average Bonchev–Trinajstić information content (AvgIpc) is 3.10. The maximum absolute atomic E-state index is 13.1. The number of nitrogens with zero attached hydrogens (tertiary/aromatic N) is 1. The van der Waals surface area contributed by atoms with Gasteiger partial charge in [-0.3, -0.25) is 4.79 Å². The molecule has 2 aromatic rings. The first kappa shape index (κ1) is 14.2. The number of amides is 1. The highest BCUT2D eigenvalue weighted by Crippen LogP contribution is 2.42. The molecule has 5 heteroatoms. The van der Waals surface area contributed by atoms with Gasteiger partial charge in [-0.05, 0) is 37.5 Å². The number of hydrogen-bond acceptors (Lipinski definition) is 3. The van der Waals surface area contributed by atoms with Crippen molar-refractivity contribution in [3.05, 3.63) is 46.7 Å². The number of hydrogen-bond donors (Lipinski definition) is 1. The topological polar surface area (TPSA) is 42.0 Å². The smallest absolute Gasteiger partial charge is 0.236 e. The summed E-state index contributed by atoms with van der Waals surface area (Å²) in [5.41, 5.74) is 0.347. The van der Waals surface area contributed by atoms with E-state index in [-0.39, 0.29) is 11.7 Å². The molecule has 110 valence electrons. The van der Waals surface area contributed by atoms with E-state index in [9.17, 15) is 9.18 Å². The minimum atomic E-state index is -0.548. The van der Waals surface area contributed by atoms with Gasteiger partial charge < -0.3 is 5.32 Å². The van der Waals surface area contributed by atoms with E-state index < -0.39 is 5.41 Å². The minimum Gasteiger partial charge on any atom is -0.301 e. The molecular weight excluding hydrogens is 287 g/mol. The lowest BCUT2D eigenvalue weighted by molar-refractivity contribution is -0.121. The first-order valence-electron chi connectivity index (χ1n) is 7.10. The Kier molecular flexibility index (Phi) is 3.76. The van der Waals surface area contributed by atoms with Gasteiger partial charge in [0.15, 0.2) is 5.13 Å². The standard InChI is InChI=1S/C16H17FN2OS/c1-11-10-18-15(21-11)19-14(20)16(8-2-3-9-16)12-4-6-13(17)7-5-12/h4-7,10H,2-3,8-9H2,1H3,(H,18,19,20). The van der Waals surface area contributed by atoms with Crippen LogP contribution in [-0.2, 0) is 10.2 Å². The second-order valence-corrected chi connectivity index (χ2v) is 6.76. The summed E-state index contributed by atoms with van der Waals surface area (Å²) in [7, 11) is 0. The van der Waals surface area contributed by atoms with E-state index >= 15 is 0 Å². The Balaban J connectivity index is 1.89. The molecule has 1 saturated carbocycles. The van der Waals surface area contributed by atoms with Gasteiger partial charge in [0, 0.05) is 11.1 Å². The third-order valence-corrected chi connectivity index (χ3v) is 4.96. The molecule has 0 aliphatic heterocycles. The first-order valence-corrected chi connectivity index (χ1v) is 7.92. The van der Waals surface area contributed by atoms with E-state index in [4.69, 9.17) is 0 Å². The molecular formula is C16H17FN2OS. The molecule has 0 saturated heterocycles. The number of rotatable bonds is 3. The summed E-state index contributed by atoms with van der Waals surface area (Å²) in [6.07, 6.45) is 5.38. The van der Waals surface area contributed by atoms with Crippen LogP contribution in [0, 0.1) is 12.7 Å². The van der Waals surface area contributed by atoms with Crippen LogP contribution in [0.15, 0.2) is 30.5 Å². The fourth-order valence-electron chi connectivity index (χ4n) is 3.02. The highest BCUT2D eigenvalue weighted by Gasteiger charge is 2.42. The number of aryl methyl sites for hydroxylation is 1. The first-order chi connectivity index (χ1) is 10.1. The molecule has 0 unspecified atom stereocenters. The molecule has 1 aliphatic rings. The van der Waals surface area contributed by atoms with Gasteiger partial charge in [-0.15, -0.1) is 11.3 Å². The van der Waals surface area contributed by atoms with E-state index in [1.165, 1.54) is 23.5 Å². The van der Waals surface area contributed by atoms with Crippen LogP contribution in [-0.4, -0.2) is 10.9 Å². The van der Waals surface area contributed by atoms with Gasteiger partial charge in [0.05, 0.1) is 5.41 Å². The van der Waals surface area contributed by atoms with Crippen molar-refractivity contribution in [2.45, 2.75) is 38.0 Å². The molecule has 0 spiro atoms. The van der Waals surface area contributed by atoms with Crippen molar-refractivity contribution < 1.29 is 9.18 Å². The zero-order chi connectivity index (χ0) is 14.9. The Morgan fingerprint density at radius 1 is 1.29 bits per heavy atom. The summed E-state index contributed by atoms with van der Waals surface area (Å²) in [4.78, 5) is 18.0. The molecule has 3 nitrogen and oxygen atoms in total. The molecule has 1 aliphatic carbocycles. The van der Waals surface area contributed by atoms with Crippen LogP contribution >= 0.6 is 11.3 Å². The van der Waals surface area contributed by atoms with E-state index in [1.54, 1.807) is 18.3 Å². The molecule has 1 fully saturated rings. The van der Waals surface area contributed by atoms with Crippen LogP contribution in [0.1, 0.15) is 36.1 Å². The Morgan fingerprint density at radius 3 is 2.52 bits per heavy atom. The summed E-state index contributed by atoms with van der Waals surface area (Å²) in [5.74, 6) is -0.302. The van der Waals surface area contributed by atoms with Crippen LogP contribution in [0.2, 0.25) is 0 Å². The molecule has 0 atom stereocenters. The Bertz CT molecular complexity index is 645. The molecule has 1 N–H and O–H groups in total. The van der Waals surface area contributed by atoms with Gasteiger partial charge in [0.2, 0.25) is 5.91 Å². The largest absolute Gasteiger partial charge is 0.301 e. The zero-order valence-corrected chi connectivity index (χ0v) is 12.7. The predicted molar refractivity (Wildman–Crippen MR) is 82.0 cm³/mol. The number of thiazole rings is 1. The number of carbonyl (C=O) groups excluding carboxylic acids is 1. The molecule has 21 heavy (non-hydrogen) atoms. The van der Waals surface area contributed by atoms with Crippen LogP contribution in [0.5, 0.6) is 0 Å². The van der Waals surface area contributed by atoms with Crippen molar-refractivity contribution in [1.29, 1.82) is 0 Å². The van der Waals surface area contributed by atoms with Crippen molar-refractivity contribution in [3.8, 4) is 0 Å². The Labute approximate surface area is 127 Å². The summed E-state index contributed by atoms with van der Waals surface area (Å²) in [6.45, 7) is 1.96. The van der Waals surface area contributed by atoms with Gasteiger partial charge >= 0.3 is 0 Å². The monoisotopic (exact) mass is 304 g/mol. The van der Waals surface area contributed by atoms with E-state index in [2.05, 4.69) is 10.3 Å². The second-order valence-electron chi connectivity index (χ2n) is 5.53. The fourth-order valence-corrected chi connectivity index (χ4v) is 3.68. The van der Waals surface area contributed by atoms with Gasteiger partial charge in [-0.25, -0.2) is 9.37 Å². The minimum absolute atomic E-state index is 0.0269. The number of halogens is 1. The third kappa shape index (κ3) is 2.70. The highest BCUT2D eigenvalue weighted by atomic mass is 32.1. The second kappa shape index (κ2) is 5.56. The fraction of sp³-hybridized carbons (Fsp3) is 0.375. The van der Waals surface area contributed by atoms with E-state index in [0.717, 1.165) is 36.1 Å². The molecule has 1 heterocycles. The number of carbonyl (C=O) groups is 1. The van der Waals surface area contributed by atoms with Crippen LogP contribution in [0.3, 0.4) is 0 Å². The van der Waals surface area contributed by atoms with Crippen molar-refractivity contribution in [2.24, 2.45) is 0 Å². The maximum Gasteiger partial charge on any atom is 0.236 e. The molecule has 0 bridgehead atoms. The van der Waals surface area contributed by atoms with Gasteiger partial charge in [-0.1, -0.05) is 25.0 Å². The third-order valence-electron chi connectivity index (χ3n) is 4.13. The molecule has 3 rings (SSSR count). The quantitative estimate of drug-likeness (QED) is 0.930. The molecule has 1 aromatic carbocycles. The highest BCUT2D eigenvalue weighted by molar-refractivity contribution is 7.15. The van der Waals surface area contributed by atoms with Crippen molar-refractivity contribution in [1.82, 2.24) is 4.98 Å². The lowest BCUT2D eigenvalue weighted by Gasteiger charge is -2.27. The van der Waals surface area contributed by atoms with Crippen LogP contribution in [0.4, 0.5) is 9.52 Å².